The molecule has 17 heavy (non-hydrogen) atoms. The van der Waals surface area contributed by atoms with Crippen LogP contribution in [-0.2, 0) is 16.1 Å². The molecule has 0 saturated carbocycles. The van der Waals surface area contributed by atoms with Gasteiger partial charge in [0.1, 0.15) is 0 Å². The van der Waals surface area contributed by atoms with E-state index >= 15 is 0 Å². The molecule has 1 heterocycles. The molecule has 2 N–H and O–H groups in total. The maximum atomic E-state index is 11.4. The number of thiophene rings is 1. The Morgan fingerprint density at radius 2 is 2.06 bits per heavy atom. The molecule has 2 aromatic rings. The van der Waals surface area contributed by atoms with Gasteiger partial charge in [0, 0.05) is 18.3 Å². The van der Waals surface area contributed by atoms with Crippen molar-refractivity contribution in [3.63, 3.8) is 0 Å². The Balaban J connectivity index is 2.24. The van der Waals surface area contributed by atoms with Crippen molar-refractivity contribution >= 4 is 33.2 Å². The van der Waals surface area contributed by atoms with Gasteiger partial charge in [-0.05, 0) is 22.4 Å². The van der Waals surface area contributed by atoms with Crippen LogP contribution in [0.25, 0.3) is 10.1 Å². The molecular weight excluding hydrogens is 236 g/mol. The van der Waals surface area contributed by atoms with Crippen LogP contribution in [0.5, 0.6) is 0 Å². The number of nitrogens with two attached hydrogens (primary N) is 1. The summed E-state index contributed by atoms with van der Waals surface area (Å²) in [4.78, 5) is 23.5. The lowest BCUT2D eigenvalue weighted by atomic mass is 10.2. The highest BCUT2D eigenvalue weighted by Crippen LogP contribution is 2.26. The van der Waals surface area contributed by atoms with Gasteiger partial charge >= 0.3 is 11.8 Å². The van der Waals surface area contributed by atoms with Crippen LogP contribution >= 0.6 is 11.3 Å². The zero-order chi connectivity index (χ0) is 12.4. The summed E-state index contributed by atoms with van der Waals surface area (Å²) in [6.45, 7) is 0.395. The molecule has 0 aliphatic carbocycles. The first-order chi connectivity index (χ1) is 8.09. The number of benzene rings is 1. The summed E-state index contributed by atoms with van der Waals surface area (Å²) in [7, 11) is 1.57. The van der Waals surface area contributed by atoms with E-state index in [2.05, 4.69) is 0 Å². The van der Waals surface area contributed by atoms with E-state index in [0.717, 1.165) is 10.9 Å². The molecule has 1 aromatic heterocycles. The number of likely N-dealkylation sites (N-methyl/N-ethyl adjacent to an activating group) is 1. The molecule has 5 heteroatoms. The summed E-state index contributed by atoms with van der Waals surface area (Å²) in [6, 6.07) is 7.96. The number of carbonyl (C=O) groups excluding carboxylic acids is 2. The molecule has 0 aliphatic heterocycles. The first kappa shape index (κ1) is 11.6. The van der Waals surface area contributed by atoms with Crippen molar-refractivity contribution in [2.24, 2.45) is 5.73 Å². The number of carbonyl (C=O) groups is 2. The van der Waals surface area contributed by atoms with Crippen molar-refractivity contribution in [1.29, 1.82) is 0 Å². The third kappa shape index (κ3) is 2.29. The Morgan fingerprint density at radius 1 is 1.35 bits per heavy atom. The maximum absolute atomic E-state index is 11.4. The lowest BCUT2D eigenvalue weighted by Gasteiger charge is -2.14. The van der Waals surface area contributed by atoms with Crippen molar-refractivity contribution in [3.05, 3.63) is 35.2 Å². The number of rotatable bonds is 2. The van der Waals surface area contributed by atoms with Crippen molar-refractivity contribution in [1.82, 2.24) is 4.90 Å². The van der Waals surface area contributed by atoms with Gasteiger partial charge in [-0.1, -0.05) is 18.2 Å². The second-order valence-electron chi connectivity index (χ2n) is 3.78. The first-order valence-corrected chi connectivity index (χ1v) is 5.97. The number of hydrogen-bond acceptors (Lipinski definition) is 3. The minimum absolute atomic E-state index is 0.395. The topological polar surface area (TPSA) is 63.4 Å². The van der Waals surface area contributed by atoms with Crippen LogP contribution in [0.15, 0.2) is 29.6 Å². The van der Waals surface area contributed by atoms with Gasteiger partial charge in [0.15, 0.2) is 0 Å². The number of hydrogen-bond donors (Lipinski definition) is 1. The second kappa shape index (κ2) is 4.55. The summed E-state index contributed by atoms with van der Waals surface area (Å²) >= 11 is 1.62. The fourth-order valence-corrected chi connectivity index (χ4v) is 2.62. The molecule has 0 radical (unpaired) electrons. The third-order valence-corrected chi connectivity index (χ3v) is 3.54. The van der Waals surface area contributed by atoms with E-state index in [0.29, 0.717) is 6.54 Å². The fraction of sp³-hybridized carbons (Fsp3) is 0.167. The largest absolute Gasteiger partial charge is 0.361 e. The number of amides is 2. The lowest BCUT2D eigenvalue weighted by molar-refractivity contribution is -0.143. The highest BCUT2D eigenvalue weighted by atomic mass is 32.1. The third-order valence-electron chi connectivity index (χ3n) is 2.53. The van der Waals surface area contributed by atoms with Crippen molar-refractivity contribution in [2.45, 2.75) is 6.54 Å². The molecule has 0 saturated heterocycles. The predicted octanol–water partition coefficient (Wildman–Crippen LogP) is 1.34. The normalized spacial score (nSPS) is 10.4. The number of nitrogens with zero attached hydrogens (tertiary/aromatic N) is 1. The van der Waals surface area contributed by atoms with Crippen LogP contribution in [0.4, 0.5) is 0 Å². The van der Waals surface area contributed by atoms with Crippen LogP contribution in [0.2, 0.25) is 0 Å². The smallest absolute Gasteiger partial charge is 0.311 e. The predicted molar refractivity (Wildman–Crippen MR) is 67.5 cm³/mol. The van der Waals surface area contributed by atoms with E-state index in [4.69, 9.17) is 5.73 Å². The molecule has 1 aromatic carbocycles. The zero-order valence-electron chi connectivity index (χ0n) is 9.34. The maximum Gasteiger partial charge on any atom is 0.311 e. The highest BCUT2D eigenvalue weighted by Gasteiger charge is 2.16. The molecule has 2 amide bonds. The van der Waals surface area contributed by atoms with E-state index in [1.807, 2.05) is 29.6 Å². The standard InChI is InChI=1S/C12H12N2O2S/c1-14(12(16)11(13)15)6-8-7-17-10-5-3-2-4-9(8)10/h2-5,7H,6H2,1H3,(H2,13,15). The summed E-state index contributed by atoms with van der Waals surface area (Å²) < 4.78 is 1.17. The van der Waals surface area contributed by atoms with E-state index in [1.54, 1.807) is 18.4 Å². The molecule has 0 aliphatic rings. The Labute approximate surface area is 103 Å². The molecule has 0 fully saturated rings. The van der Waals surface area contributed by atoms with Gasteiger partial charge in [-0.15, -0.1) is 11.3 Å². The zero-order valence-corrected chi connectivity index (χ0v) is 10.2. The Hall–Kier alpha value is -1.88. The van der Waals surface area contributed by atoms with Crippen LogP contribution in [0, 0.1) is 0 Å². The Bertz CT molecular complexity index is 577. The average Bonchev–Trinajstić information content (AvgIpc) is 2.71. The minimum Gasteiger partial charge on any atom is -0.361 e. The van der Waals surface area contributed by atoms with Crippen LogP contribution in [0.3, 0.4) is 0 Å². The molecule has 0 unspecified atom stereocenters. The first-order valence-electron chi connectivity index (χ1n) is 5.09. The number of fused-ring (bicyclic) bond motifs is 1. The van der Waals surface area contributed by atoms with Gasteiger partial charge in [0.2, 0.25) is 0 Å². The van der Waals surface area contributed by atoms with Gasteiger partial charge in [0.05, 0.1) is 0 Å². The SMILES string of the molecule is CN(Cc1csc2ccccc12)C(=O)C(N)=O. The summed E-state index contributed by atoms with van der Waals surface area (Å²) in [5, 5.41) is 3.11. The van der Waals surface area contributed by atoms with E-state index in [-0.39, 0.29) is 0 Å². The van der Waals surface area contributed by atoms with Gasteiger partial charge in [-0.3, -0.25) is 9.59 Å². The highest BCUT2D eigenvalue weighted by molar-refractivity contribution is 7.17. The quantitative estimate of drug-likeness (QED) is 0.815. The van der Waals surface area contributed by atoms with Gasteiger partial charge in [0.25, 0.3) is 0 Å². The van der Waals surface area contributed by atoms with E-state index in [1.165, 1.54) is 9.60 Å². The van der Waals surface area contributed by atoms with Crippen LogP contribution in [-0.4, -0.2) is 23.8 Å². The molecule has 0 spiro atoms. The van der Waals surface area contributed by atoms with Gasteiger partial charge < -0.3 is 10.6 Å². The summed E-state index contributed by atoms with van der Waals surface area (Å²) in [6.07, 6.45) is 0. The van der Waals surface area contributed by atoms with Crippen molar-refractivity contribution < 1.29 is 9.59 Å². The minimum atomic E-state index is -0.924. The lowest BCUT2D eigenvalue weighted by Crippen LogP contribution is -2.37. The molecule has 2 rings (SSSR count). The Kier molecular flexibility index (Phi) is 3.10. The van der Waals surface area contributed by atoms with Gasteiger partial charge in [-0.2, -0.15) is 0 Å². The second-order valence-corrected chi connectivity index (χ2v) is 4.69. The average molecular weight is 248 g/mol. The van der Waals surface area contributed by atoms with Crippen LogP contribution in [0.1, 0.15) is 5.56 Å². The Morgan fingerprint density at radius 3 is 2.76 bits per heavy atom. The van der Waals surface area contributed by atoms with Crippen molar-refractivity contribution in [2.75, 3.05) is 7.05 Å². The van der Waals surface area contributed by atoms with E-state index in [9.17, 15) is 9.59 Å². The van der Waals surface area contributed by atoms with Crippen molar-refractivity contribution in [3.8, 4) is 0 Å². The summed E-state index contributed by atoms with van der Waals surface area (Å²) in [5.74, 6) is -1.59. The monoisotopic (exact) mass is 248 g/mol. The van der Waals surface area contributed by atoms with Crippen LogP contribution < -0.4 is 5.73 Å². The van der Waals surface area contributed by atoms with E-state index < -0.39 is 11.8 Å². The molecule has 0 atom stereocenters. The molecule has 4 nitrogen and oxygen atoms in total. The molecule has 0 bridgehead atoms. The fourth-order valence-electron chi connectivity index (χ4n) is 1.67. The summed E-state index contributed by atoms with van der Waals surface area (Å²) in [5.41, 5.74) is 5.98. The molecular formula is C12H12N2O2S. The number of primary amides is 1. The molecule has 88 valence electrons. The van der Waals surface area contributed by atoms with Gasteiger partial charge in [-0.25, -0.2) is 0 Å².